The SMILES string of the molecule is COc1ccc(C2=NN(c3nc(-c4ccccc4)c4cc(Cl)ccc4n3)C(c3cn(-c4ccccc4)nc3-c3ccc(C)cc3)C2)cc1. The van der Waals surface area contributed by atoms with Crippen LogP contribution in [0.5, 0.6) is 5.75 Å². The Balaban J connectivity index is 1.34. The topological polar surface area (TPSA) is 68.4 Å². The van der Waals surface area contributed by atoms with Gasteiger partial charge in [-0.2, -0.15) is 10.2 Å². The number of halogens is 1. The van der Waals surface area contributed by atoms with Gasteiger partial charge in [0.25, 0.3) is 0 Å². The Morgan fingerprint density at radius 3 is 2.15 bits per heavy atom. The van der Waals surface area contributed by atoms with E-state index in [2.05, 4.69) is 61.7 Å². The number of hydrazone groups is 1. The highest BCUT2D eigenvalue weighted by Gasteiger charge is 2.35. The van der Waals surface area contributed by atoms with Crippen molar-refractivity contribution in [2.45, 2.75) is 19.4 Å². The lowest BCUT2D eigenvalue weighted by Crippen LogP contribution is -2.21. The van der Waals surface area contributed by atoms with Crippen LogP contribution < -0.4 is 9.75 Å². The summed E-state index contributed by atoms with van der Waals surface area (Å²) in [4.78, 5) is 10.3. The first-order valence-electron chi connectivity index (χ1n) is 15.8. The Hall–Kier alpha value is -5.79. The number of para-hydroxylation sites is 1. The smallest absolute Gasteiger partial charge is 0.247 e. The molecule has 7 aromatic rings. The number of hydrogen-bond acceptors (Lipinski definition) is 6. The van der Waals surface area contributed by atoms with Crippen molar-refractivity contribution in [2.24, 2.45) is 5.10 Å². The van der Waals surface area contributed by atoms with Gasteiger partial charge in [0.2, 0.25) is 5.95 Å². The van der Waals surface area contributed by atoms with Crippen LogP contribution in [-0.4, -0.2) is 32.6 Å². The predicted molar refractivity (Wildman–Crippen MR) is 193 cm³/mol. The van der Waals surface area contributed by atoms with E-state index in [1.807, 2.05) is 88.6 Å². The number of anilines is 1. The quantitative estimate of drug-likeness (QED) is 0.173. The van der Waals surface area contributed by atoms with Crippen LogP contribution in [0.3, 0.4) is 0 Å². The average molecular weight is 647 g/mol. The van der Waals surface area contributed by atoms with Crippen molar-refractivity contribution in [1.82, 2.24) is 19.7 Å². The van der Waals surface area contributed by atoms with Crippen LogP contribution >= 0.6 is 11.6 Å². The van der Waals surface area contributed by atoms with Gasteiger partial charge in [0.1, 0.15) is 5.75 Å². The Bertz CT molecular complexity index is 2270. The average Bonchev–Trinajstić information content (AvgIpc) is 3.78. The zero-order valence-corrected chi connectivity index (χ0v) is 27.2. The van der Waals surface area contributed by atoms with Crippen molar-refractivity contribution in [3.8, 4) is 34.0 Å². The minimum Gasteiger partial charge on any atom is -0.497 e. The number of ether oxygens (including phenoxy) is 1. The molecule has 8 rings (SSSR count). The van der Waals surface area contributed by atoms with Gasteiger partial charge in [0.05, 0.1) is 41.5 Å². The standard InChI is InChI=1S/C40H31ClN6O/c1-26-13-15-29(16-14-26)39-34(25-46(45-39)31-11-7-4-8-12-31)37-24-36(27-17-20-32(48-2)21-18-27)44-47(37)40-42-35-22-19-30(41)23-33(35)38(43-40)28-9-5-3-6-10-28/h3-23,25,37H,24H2,1-2H3. The summed E-state index contributed by atoms with van der Waals surface area (Å²) in [5.41, 5.74) is 9.58. The summed E-state index contributed by atoms with van der Waals surface area (Å²) in [7, 11) is 1.67. The molecule has 0 amide bonds. The van der Waals surface area contributed by atoms with E-state index in [1.165, 1.54) is 5.56 Å². The zero-order valence-electron chi connectivity index (χ0n) is 26.5. The van der Waals surface area contributed by atoms with Crippen molar-refractivity contribution in [1.29, 1.82) is 0 Å². The molecule has 1 aliphatic heterocycles. The number of nitrogens with zero attached hydrogens (tertiary/aromatic N) is 6. The van der Waals surface area contributed by atoms with Gasteiger partial charge < -0.3 is 4.74 Å². The summed E-state index contributed by atoms with van der Waals surface area (Å²) in [6, 6.07) is 42.3. The molecule has 1 unspecified atom stereocenters. The minimum atomic E-state index is -0.246. The molecule has 1 atom stereocenters. The number of fused-ring (bicyclic) bond motifs is 1. The monoisotopic (exact) mass is 646 g/mol. The van der Waals surface area contributed by atoms with Crippen LogP contribution in [0.15, 0.2) is 139 Å². The molecule has 48 heavy (non-hydrogen) atoms. The van der Waals surface area contributed by atoms with Gasteiger partial charge in [0, 0.05) is 39.7 Å². The van der Waals surface area contributed by atoms with E-state index in [0.717, 1.165) is 61.7 Å². The highest BCUT2D eigenvalue weighted by Crippen LogP contribution is 2.41. The van der Waals surface area contributed by atoms with Crippen LogP contribution in [0, 0.1) is 6.92 Å². The van der Waals surface area contributed by atoms with Crippen molar-refractivity contribution in [3.05, 3.63) is 155 Å². The normalized spacial score (nSPS) is 14.4. The van der Waals surface area contributed by atoms with Gasteiger partial charge in [-0.05, 0) is 67.1 Å². The molecule has 0 saturated heterocycles. The molecule has 0 spiro atoms. The lowest BCUT2D eigenvalue weighted by atomic mass is 9.96. The molecule has 0 bridgehead atoms. The van der Waals surface area contributed by atoms with Gasteiger partial charge in [-0.3, -0.25) is 0 Å². The van der Waals surface area contributed by atoms with Gasteiger partial charge >= 0.3 is 0 Å². The summed E-state index contributed by atoms with van der Waals surface area (Å²) in [5, 5.41) is 13.9. The Morgan fingerprint density at radius 1 is 0.729 bits per heavy atom. The Morgan fingerprint density at radius 2 is 1.42 bits per heavy atom. The molecule has 3 heterocycles. The van der Waals surface area contributed by atoms with E-state index < -0.39 is 0 Å². The fourth-order valence-electron chi connectivity index (χ4n) is 6.18. The number of hydrogen-bond donors (Lipinski definition) is 0. The van der Waals surface area contributed by atoms with E-state index in [0.29, 0.717) is 17.4 Å². The molecule has 2 aromatic heterocycles. The number of aromatic nitrogens is 4. The second-order valence-electron chi connectivity index (χ2n) is 11.8. The highest BCUT2D eigenvalue weighted by molar-refractivity contribution is 6.31. The maximum atomic E-state index is 6.49. The molecule has 7 nitrogen and oxygen atoms in total. The van der Waals surface area contributed by atoms with E-state index in [1.54, 1.807) is 7.11 Å². The van der Waals surface area contributed by atoms with Crippen LogP contribution in [0.1, 0.15) is 29.2 Å². The fraction of sp³-hybridized carbons (Fsp3) is 0.100. The summed E-state index contributed by atoms with van der Waals surface area (Å²) >= 11 is 6.49. The predicted octanol–water partition coefficient (Wildman–Crippen LogP) is 9.48. The molecule has 5 aromatic carbocycles. The minimum absolute atomic E-state index is 0.246. The summed E-state index contributed by atoms with van der Waals surface area (Å²) in [6.45, 7) is 2.09. The largest absolute Gasteiger partial charge is 0.497 e. The summed E-state index contributed by atoms with van der Waals surface area (Å²) < 4.78 is 7.40. The lowest BCUT2D eigenvalue weighted by Gasteiger charge is -2.23. The Kier molecular flexibility index (Phi) is 7.67. The Labute approximate surface area is 283 Å². The van der Waals surface area contributed by atoms with Crippen LogP contribution in [-0.2, 0) is 0 Å². The van der Waals surface area contributed by atoms with Gasteiger partial charge in [-0.1, -0.05) is 90.0 Å². The van der Waals surface area contributed by atoms with E-state index in [4.69, 9.17) is 36.5 Å². The fourth-order valence-corrected chi connectivity index (χ4v) is 6.35. The van der Waals surface area contributed by atoms with E-state index in [-0.39, 0.29) is 6.04 Å². The third kappa shape index (κ3) is 5.58. The molecule has 0 aliphatic carbocycles. The lowest BCUT2D eigenvalue weighted by molar-refractivity contribution is 0.415. The van der Waals surface area contributed by atoms with Crippen molar-refractivity contribution in [3.63, 3.8) is 0 Å². The molecular weight excluding hydrogens is 616 g/mol. The van der Waals surface area contributed by atoms with Gasteiger partial charge in [0.15, 0.2) is 0 Å². The van der Waals surface area contributed by atoms with E-state index >= 15 is 0 Å². The molecule has 0 N–H and O–H groups in total. The summed E-state index contributed by atoms with van der Waals surface area (Å²) in [6.07, 6.45) is 2.74. The third-order valence-corrected chi connectivity index (χ3v) is 8.91. The second kappa shape index (κ2) is 12.4. The molecule has 1 aliphatic rings. The van der Waals surface area contributed by atoms with Gasteiger partial charge in [-0.15, -0.1) is 0 Å². The first-order valence-corrected chi connectivity index (χ1v) is 16.2. The van der Waals surface area contributed by atoms with Crippen molar-refractivity contribution >= 4 is 34.2 Å². The number of benzene rings is 5. The maximum absolute atomic E-state index is 6.49. The van der Waals surface area contributed by atoms with Crippen LogP contribution in [0.2, 0.25) is 5.02 Å². The first kappa shape index (κ1) is 29.6. The number of rotatable bonds is 7. The highest BCUT2D eigenvalue weighted by atomic mass is 35.5. The van der Waals surface area contributed by atoms with E-state index in [9.17, 15) is 0 Å². The maximum Gasteiger partial charge on any atom is 0.247 e. The number of aryl methyl sites for hydroxylation is 1. The van der Waals surface area contributed by atoms with Crippen molar-refractivity contribution < 1.29 is 4.74 Å². The molecule has 0 radical (unpaired) electrons. The molecule has 8 heteroatoms. The number of methoxy groups -OCH3 is 1. The molecule has 0 saturated carbocycles. The second-order valence-corrected chi connectivity index (χ2v) is 12.3. The van der Waals surface area contributed by atoms with Gasteiger partial charge in [-0.25, -0.2) is 19.7 Å². The third-order valence-electron chi connectivity index (χ3n) is 8.68. The van der Waals surface area contributed by atoms with Crippen molar-refractivity contribution in [2.75, 3.05) is 12.1 Å². The molecule has 0 fully saturated rings. The van der Waals surface area contributed by atoms with Crippen LogP contribution in [0.25, 0.3) is 39.1 Å². The summed E-state index contributed by atoms with van der Waals surface area (Å²) in [5.74, 6) is 1.29. The first-order chi connectivity index (χ1) is 23.5. The molecular formula is C40H31ClN6O. The zero-order chi connectivity index (χ0) is 32.6. The molecule has 234 valence electrons. The van der Waals surface area contributed by atoms with Crippen LogP contribution in [0.4, 0.5) is 5.95 Å².